The molecule has 2 nitrogen and oxygen atoms in total. The Morgan fingerprint density at radius 3 is 2.79 bits per heavy atom. The van der Waals surface area contributed by atoms with Gasteiger partial charge in [0.15, 0.2) is 5.78 Å². The fraction of sp³-hybridized carbons (Fsp3) is 0.200. The first-order valence-electron chi connectivity index (χ1n) is 3.90. The summed E-state index contributed by atoms with van der Waals surface area (Å²) < 4.78 is 0.883. The van der Waals surface area contributed by atoms with E-state index in [1.807, 2.05) is 0 Å². The van der Waals surface area contributed by atoms with Crippen LogP contribution in [-0.4, -0.2) is 11.1 Å². The Balaban J connectivity index is 3.37. The average Bonchev–Trinajstić information content (AvgIpc) is 2.18. The lowest BCUT2D eigenvalue weighted by Crippen LogP contribution is -2.05. The van der Waals surface area contributed by atoms with E-state index in [-0.39, 0.29) is 5.78 Å². The highest BCUT2D eigenvalue weighted by molar-refractivity contribution is 14.1. The van der Waals surface area contributed by atoms with Crippen LogP contribution in [0.2, 0.25) is 0 Å². The molecule has 0 N–H and O–H groups in total. The number of carbonyl (C=O) groups is 1. The minimum atomic E-state index is 0.00963. The van der Waals surface area contributed by atoms with Crippen molar-refractivity contribution < 1.29 is 4.79 Å². The Labute approximate surface area is 105 Å². The van der Waals surface area contributed by atoms with Gasteiger partial charge in [0.1, 0.15) is 6.07 Å². The number of rotatable bonds is 2. The molecule has 0 amide bonds. The summed E-state index contributed by atoms with van der Waals surface area (Å²) >= 11 is 5.21. The molecule has 0 atom stereocenters. The van der Waals surface area contributed by atoms with Gasteiger partial charge in [0, 0.05) is 9.13 Å². The van der Waals surface area contributed by atoms with Gasteiger partial charge < -0.3 is 0 Å². The number of nitrogens with zero attached hydrogens (tertiary/aromatic N) is 1. The zero-order chi connectivity index (χ0) is 10.7. The van der Waals surface area contributed by atoms with Crippen LogP contribution in [-0.2, 0) is 0 Å². The molecule has 0 saturated heterocycles. The van der Waals surface area contributed by atoms with Crippen LogP contribution in [0.15, 0.2) is 12.1 Å². The molecular formula is C10H7BrINO. The molecule has 0 aliphatic rings. The molecule has 0 bridgehead atoms. The third-order valence-corrected chi connectivity index (χ3v) is 3.36. The second kappa shape index (κ2) is 4.89. The summed E-state index contributed by atoms with van der Waals surface area (Å²) in [6.07, 6.45) is 0. The predicted octanol–water partition coefficient (Wildman–Crippen LogP) is 3.05. The lowest BCUT2D eigenvalue weighted by Gasteiger charge is -2.05. The lowest BCUT2D eigenvalue weighted by molar-refractivity contribution is 0.102. The van der Waals surface area contributed by atoms with Gasteiger partial charge in [0.25, 0.3) is 0 Å². The Hall–Kier alpha value is -0.410. The SMILES string of the molecule is Cc1c(C(=O)CBr)ccc(I)c1C#N. The van der Waals surface area contributed by atoms with E-state index in [2.05, 4.69) is 44.6 Å². The van der Waals surface area contributed by atoms with E-state index in [1.165, 1.54) is 0 Å². The first kappa shape index (κ1) is 11.7. The molecule has 72 valence electrons. The number of halogens is 2. The number of benzene rings is 1. The highest BCUT2D eigenvalue weighted by Gasteiger charge is 2.12. The van der Waals surface area contributed by atoms with Gasteiger partial charge in [-0.05, 0) is 47.2 Å². The molecule has 0 saturated carbocycles. The fourth-order valence-corrected chi connectivity index (χ4v) is 2.20. The molecule has 1 rings (SSSR count). The van der Waals surface area contributed by atoms with Gasteiger partial charge in [-0.2, -0.15) is 5.26 Å². The number of nitriles is 1. The minimum Gasteiger partial charge on any atom is -0.293 e. The number of carbonyl (C=O) groups excluding carboxylic acids is 1. The third-order valence-electron chi connectivity index (χ3n) is 1.95. The van der Waals surface area contributed by atoms with Crippen LogP contribution < -0.4 is 0 Å². The van der Waals surface area contributed by atoms with Crippen LogP contribution in [0.4, 0.5) is 0 Å². The number of alkyl halides is 1. The monoisotopic (exact) mass is 363 g/mol. The van der Waals surface area contributed by atoms with Crippen molar-refractivity contribution in [3.8, 4) is 6.07 Å². The van der Waals surface area contributed by atoms with Crippen molar-refractivity contribution >= 4 is 44.3 Å². The van der Waals surface area contributed by atoms with Crippen molar-refractivity contribution in [2.75, 3.05) is 5.33 Å². The molecule has 0 aromatic heterocycles. The summed E-state index contributed by atoms with van der Waals surface area (Å²) in [7, 11) is 0. The molecule has 14 heavy (non-hydrogen) atoms. The summed E-state index contributed by atoms with van der Waals surface area (Å²) in [4.78, 5) is 11.5. The summed E-state index contributed by atoms with van der Waals surface area (Å²) in [5.41, 5.74) is 1.99. The second-order valence-corrected chi connectivity index (χ2v) is 4.49. The first-order valence-corrected chi connectivity index (χ1v) is 6.10. The van der Waals surface area contributed by atoms with Gasteiger partial charge in [-0.15, -0.1) is 0 Å². The van der Waals surface area contributed by atoms with Crippen molar-refractivity contribution in [1.29, 1.82) is 5.26 Å². The van der Waals surface area contributed by atoms with E-state index >= 15 is 0 Å². The second-order valence-electron chi connectivity index (χ2n) is 2.76. The molecule has 1 aromatic carbocycles. The molecule has 4 heteroatoms. The minimum absolute atomic E-state index is 0.00963. The predicted molar refractivity (Wildman–Crippen MR) is 66.7 cm³/mol. The Kier molecular flexibility index (Phi) is 4.08. The molecule has 0 heterocycles. The van der Waals surface area contributed by atoms with E-state index in [0.717, 1.165) is 9.13 Å². The Bertz CT molecular complexity index is 423. The van der Waals surface area contributed by atoms with Gasteiger partial charge in [0.05, 0.1) is 10.9 Å². The molecule has 1 aromatic rings. The molecule has 0 aliphatic heterocycles. The maximum Gasteiger partial charge on any atom is 0.173 e. The number of hydrogen-bond acceptors (Lipinski definition) is 2. The molecule has 0 spiro atoms. The van der Waals surface area contributed by atoms with Gasteiger partial charge in [-0.25, -0.2) is 0 Å². The quantitative estimate of drug-likeness (QED) is 0.460. The molecule has 0 aliphatic carbocycles. The summed E-state index contributed by atoms with van der Waals surface area (Å²) in [5.74, 6) is 0.00963. The van der Waals surface area contributed by atoms with Crippen LogP contribution in [0.3, 0.4) is 0 Å². The maximum absolute atomic E-state index is 11.5. The van der Waals surface area contributed by atoms with E-state index in [4.69, 9.17) is 5.26 Å². The van der Waals surface area contributed by atoms with Crippen LogP contribution in [0.25, 0.3) is 0 Å². The van der Waals surface area contributed by atoms with E-state index in [9.17, 15) is 4.79 Å². The van der Waals surface area contributed by atoms with Crippen molar-refractivity contribution in [1.82, 2.24) is 0 Å². The van der Waals surface area contributed by atoms with Crippen LogP contribution >= 0.6 is 38.5 Å². The third kappa shape index (κ3) is 2.15. The number of ketones is 1. The molecule has 0 radical (unpaired) electrons. The highest BCUT2D eigenvalue weighted by Crippen LogP contribution is 2.20. The smallest absolute Gasteiger partial charge is 0.173 e. The van der Waals surface area contributed by atoms with Gasteiger partial charge in [0.2, 0.25) is 0 Å². The molecule has 0 unspecified atom stereocenters. The normalized spacial score (nSPS) is 9.57. The zero-order valence-electron chi connectivity index (χ0n) is 7.47. The van der Waals surface area contributed by atoms with E-state index < -0.39 is 0 Å². The Morgan fingerprint density at radius 2 is 2.29 bits per heavy atom. The van der Waals surface area contributed by atoms with Crippen LogP contribution in [0, 0.1) is 21.8 Å². The summed E-state index contributed by atoms with van der Waals surface area (Å²) in [6.45, 7) is 1.80. The highest BCUT2D eigenvalue weighted by atomic mass is 127. The van der Waals surface area contributed by atoms with Gasteiger partial charge >= 0.3 is 0 Å². The summed E-state index contributed by atoms with van der Waals surface area (Å²) in [5, 5.41) is 9.19. The first-order chi connectivity index (χ1) is 6.61. The Morgan fingerprint density at radius 1 is 1.64 bits per heavy atom. The van der Waals surface area contributed by atoms with E-state index in [1.54, 1.807) is 19.1 Å². The van der Waals surface area contributed by atoms with Crippen LogP contribution in [0.1, 0.15) is 21.5 Å². The maximum atomic E-state index is 11.5. The van der Waals surface area contributed by atoms with Gasteiger partial charge in [-0.1, -0.05) is 15.9 Å². The summed E-state index contributed by atoms with van der Waals surface area (Å²) in [6, 6.07) is 5.67. The molecular weight excluding hydrogens is 357 g/mol. The standard InChI is InChI=1S/C10H7BrINO/c1-6-7(10(14)4-11)2-3-9(12)8(6)5-13/h2-3H,4H2,1H3. The number of Topliss-reactive ketones (excluding diaryl/α,β-unsaturated/α-hetero) is 1. The van der Waals surface area contributed by atoms with Crippen molar-refractivity contribution in [3.63, 3.8) is 0 Å². The van der Waals surface area contributed by atoms with Gasteiger partial charge in [-0.3, -0.25) is 4.79 Å². The number of hydrogen-bond donors (Lipinski definition) is 0. The topological polar surface area (TPSA) is 40.9 Å². The average molecular weight is 364 g/mol. The van der Waals surface area contributed by atoms with Crippen molar-refractivity contribution in [2.45, 2.75) is 6.92 Å². The van der Waals surface area contributed by atoms with Crippen molar-refractivity contribution in [3.05, 3.63) is 32.4 Å². The van der Waals surface area contributed by atoms with E-state index in [0.29, 0.717) is 16.5 Å². The largest absolute Gasteiger partial charge is 0.293 e. The van der Waals surface area contributed by atoms with Crippen LogP contribution in [0.5, 0.6) is 0 Å². The molecule has 0 fully saturated rings. The fourth-order valence-electron chi connectivity index (χ4n) is 1.19. The zero-order valence-corrected chi connectivity index (χ0v) is 11.2. The lowest BCUT2D eigenvalue weighted by atomic mass is 10.0. The van der Waals surface area contributed by atoms with Crippen molar-refractivity contribution in [2.24, 2.45) is 0 Å².